The number of fused-ring (bicyclic) bond motifs is 1. The van der Waals surface area contributed by atoms with Crippen molar-refractivity contribution < 1.29 is 9.47 Å². The Balaban J connectivity index is 1.71. The molecule has 0 fully saturated rings. The third-order valence-electron chi connectivity index (χ3n) is 4.56. The zero-order valence-corrected chi connectivity index (χ0v) is 18.8. The molecule has 0 aliphatic heterocycles. The molecule has 4 nitrogen and oxygen atoms in total. The summed E-state index contributed by atoms with van der Waals surface area (Å²) < 4.78 is 12.6. The molecule has 0 bridgehead atoms. The van der Waals surface area contributed by atoms with Crippen LogP contribution in [0.25, 0.3) is 21.9 Å². The topological polar surface area (TPSA) is 55.1 Å². The third kappa shape index (κ3) is 4.67. The molecule has 7 heteroatoms. The fraction of sp³-hybridized carbons (Fsp3) is 0.0833. The number of hydrogen-bond acceptors (Lipinski definition) is 5. The lowest BCUT2D eigenvalue weighted by atomic mass is 10.1. The molecule has 0 spiro atoms. The Hall–Kier alpha value is -3.04. The van der Waals surface area contributed by atoms with E-state index < -0.39 is 0 Å². The van der Waals surface area contributed by atoms with Crippen molar-refractivity contribution in [1.29, 1.82) is 5.26 Å². The molecule has 3 aromatic carbocycles. The van der Waals surface area contributed by atoms with Crippen molar-refractivity contribution in [3.8, 4) is 17.6 Å². The molecule has 0 saturated heterocycles. The largest absolute Gasteiger partial charge is 0.493 e. The molecule has 1 heterocycles. The number of ether oxygens (including phenoxy) is 2. The number of rotatable bonds is 6. The summed E-state index contributed by atoms with van der Waals surface area (Å²) in [6.07, 6.45) is 1.76. The van der Waals surface area contributed by atoms with Crippen molar-refractivity contribution in [3.63, 3.8) is 0 Å². The van der Waals surface area contributed by atoms with Gasteiger partial charge in [-0.05, 0) is 36.4 Å². The molecule has 4 rings (SSSR count). The molecular weight excluding hydrogens is 451 g/mol. The Kier molecular flexibility index (Phi) is 6.43. The van der Waals surface area contributed by atoms with Crippen molar-refractivity contribution in [3.05, 3.63) is 86.8 Å². The van der Waals surface area contributed by atoms with Crippen LogP contribution in [0.2, 0.25) is 10.0 Å². The molecular formula is C24H16Cl2N2O2S. The van der Waals surface area contributed by atoms with E-state index >= 15 is 0 Å². The maximum Gasteiger partial charge on any atom is 0.168 e. The van der Waals surface area contributed by atoms with Gasteiger partial charge in [-0.25, -0.2) is 4.98 Å². The Morgan fingerprint density at radius 2 is 1.97 bits per heavy atom. The number of hydrogen-bond donors (Lipinski definition) is 0. The Morgan fingerprint density at radius 1 is 1.13 bits per heavy atom. The summed E-state index contributed by atoms with van der Waals surface area (Å²) >= 11 is 13.7. The molecule has 0 saturated carbocycles. The first-order chi connectivity index (χ1) is 15.1. The van der Waals surface area contributed by atoms with E-state index in [1.165, 1.54) is 11.3 Å². The lowest BCUT2D eigenvalue weighted by Crippen LogP contribution is -2.00. The first kappa shape index (κ1) is 21.2. The van der Waals surface area contributed by atoms with Crippen LogP contribution in [0.5, 0.6) is 11.5 Å². The van der Waals surface area contributed by atoms with E-state index in [-0.39, 0.29) is 6.61 Å². The molecule has 1 aromatic heterocycles. The van der Waals surface area contributed by atoms with Crippen LogP contribution in [-0.4, -0.2) is 12.1 Å². The molecule has 0 aliphatic carbocycles. The minimum Gasteiger partial charge on any atom is -0.493 e. The van der Waals surface area contributed by atoms with Gasteiger partial charge >= 0.3 is 0 Å². The van der Waals surface area contributed by atoms with Gasteiger partial charge in [0.15, 0.2) is 11.5 Å². The predicted octanol–water partition coefficient (Wildman–Crippen LogP) is 7.25. The van der Waals surface area contributed by atoms with Gasteiger partial charge in [0.2, 0.25) is 0 Å². The predicted molar refractivity (Wildman–Crippen MR) is 127 cm³/mol. The number of halogens is 2. The van der Waals surface area contributed by atoms with Gasteiger partial charge in [0.05, 0.1) is 22.9 Å². The Morgan fingerprint density at radius 3 is 2.71 bits per heavy atom. The van der Waals surface area contributed by atoms with Crippen LogP contribution in [-0.2, 0) is 6.61 Å². The number of nitriles is 1. The van der Waals surface area contributed by atoms with Crippen LogP contribution in [0.15, 0.2) is 60.7 Å². The van der Waals surface area contributed by atoms with Crippen LogP contribution in [0.4, 0.5) is 0 Å². The molecule has 154 valence electrons. The van der Waals surface area contributed by atoms with Gasteiger partial charge in [0.1, 0.15) is 17.7 Å². The number of aromatic nitrogens is 1. The smallest absolute Gasteiger partial charge is 0.168 e. The van der Waals surface area contributed by atoms with Gasteiger partial charge in [0.25, 0.3) is 0 Å². The van der Waals surface area contributed by atoms with Crippen molar-refractivity contribution in [1.82, 2.24) is 4.98 Å². The van der Waals surface area contributed by atoms with E-state index in [4.69, 9.17) is 32.7 Å². The van der Waals surface area contributed by atoms with Gasteiger partial charge in [-0.15, -0.1) is 11.3 Å². The van der Waals surface area contributed by atoms with E-state index in [0.29, 0.717) is 37.7 Å². The van der Waals surface area contributed by atoms with Crippen molar-refractivity contribution >= 4 is 56.4 Å². The summed E-state index contributed by atoms with van der Waals surface area (Å²) in [4.78, 5) is 4.59. The molecule has 0 amide bonds. The summed E-state index contributed by atoms with van der Waals surface area (Å²) in [5, 5.41) is 11.5. The second kappa shape index (κ2) is 9.40. The zero-order chi connectivity index (χ0) is 21.8. The number of para-hydroxylation sites is 2. The average Bonchev–Trinajstić information content (AvgIpc) is 3.21. The minimum absolute atomic E-state index is 0.222. The molecule has 31 heavy (non-hydrogen) atoms. The number of nitrogens with zero attached hydrogens (tertiary/aromatic N) is 2. The van der Waals surface area contributed by atoms with Crippen LogP contribution in [0, 0.1) is 11.3 Å². The van der Waals surface area contributed by atoms with Crippen molar-refractivity contribution in [2.24, 2.45) is 0 Å². The summed E-state index contributed by atoms with van der Waals surface area (Å²) in [6.45, 7) is 0.222. The van der Waals surface area contributed by atoms with Crippen LogP contribution in [0.3, 0.4) is 0 Å². The van der Waals surface area contributed by atoms with Crippen molar-refractivity contribution in [2.45, 2.75) is 6.61 Å². The minimum atomic E-state index is 0.222. The lowest BCUT2D eigenvalue weighted by molar-refractivity contribution is 0.284. The quantitative estimate of drug-likeness (QED) is 0.280. The molecule has 0 N–H and O–H groups in total. The van der Waals surface area contributed by atoms with E-state index in [1.54, 1.807) is 31.4 Å². The standard InChI is InChI=1S/C24H16Cl2N2O2S/c1-29-21-7-4-5-15(23(21)30-14-16-9-10-18(25)12-19(16)26)11-17(13-27)24-28-20-6-2-3-8-22(20)31-24/h2-12H,14H2,1H3. The Labute approximate surface area is 193 Å². The summed E-state index contributed by atoms with van der Waals surface area (Å²) in [6, 6.07) is 20.8. The lowest BCUT2D eigenvalue weighted by Gasteiger charge is -2.14. The van der Waals surface area contributed by atoms with Crippen LogP contribution >= 0.6 is 34.5 Å². The number of benzene rings is 3. The fourth-order valence-corrected chi connectivity index (χ4v) is 4.43. The molecule has 0 atom stereocenters. The highest BCUT2D eigenvalue weighted by Crippen LogP contribution is 2.36. The number of methoxy groups -OCH3 is 1. The monoisotopic (exact) mass is 466 g/mol. The van der Waals surface area contributed by atoms with E-state index in [0.717, 1.165) is 15.8 Å². The highest BCUT2D eigenvalue weighted by atomic mass is 35.5. The molecule has 4 aromatic rings. The molecule has 0 unspecified atom stereocenters. The van der Waals surface area contributed by atoms with Crippen LogP contribution < -0.4 is 9.47 Å². The first-order valence-corrected chi connectivity index (χ1v) is 10.9. The van der Waals surface area contributed by atoms with E-state index in [2.05, 4.69) is 11.1 Å². The zero-order valence-electron chi connectivity index (χ0n) is 16.4. The average molecular weight is 467 g/mol. The maximum absolute atomic E-state index is 9.80. The number of thiazole rings is 1. The maximum atomic E-state index is 9.80. The molecule has 0 aliphatic rings. The third-order valence-corrected chi connectivity index (χ3v) is 6.22. The number of allylic oxidation sites excluding steroid dienone is 1. The summed E-state index contributed by atoms with van der Waals surface area (Å²) in [5.74, 6) is 1.07. The highest BCUT2D eigenvalue weighted by molar-refractivity contribution is 7.19. The molecule has 0 radical (unpaired) electrons. The second-order valence-corrected chi connectivity index (χ2v) is 8.43. The second-order valence-electron chi connectivity index (χ2n) is 6.56. The first-order valence-electron chi connectivity index (χ1n) is 9.30. The highest BCUT2D eigenvalue weighted by Gasteiger charge is 2.14. The SMILES string of the molecule is COc1cccc(C=C(C#N)c2nc3ccccc3s2)c1OCc1ccc(Cl)cc1Cl. The van der Waals surface area contributed by atoms with Gasteiger partial charge in [-0.3, -0.25) is 0 Å². The van der Waals surface area contributed by atoms with Crippen molar-refractivity contribution in [2.75, 3.05) is 7.11 Å². The van der Waals surface area contributed by atoms with Gasteiger partial charge in [0, 0.05) is 21.2 Å². The summed E-state index contributed by atoms with van der Waals surface area (Å²) in [7, 11) is 1.57. The van der Waals surface area contributed by atoms with E-state index in [1.807, 2.05) is 42.5 Å². The van der Waals surface area contributed by atoms with E-state index in [9.17, 15) is 5.26 Å². The normalized spacial score (nSPS) is 11.4. The fourth-order valence-electron chi connectivity index (χ4n) is 3.04. The van der Waals surface area contributed by atoms with Gasteiger partial charge in [-0.2, -0.15) is 5.26 Å². The summed E-state index contributed by atoms with van der Waals surface area (Å²) in [5.41, 5.74) is 2.81. The van der Waals surface area contributed by atoms with Gasteiger partial charge in [-0.1, -0.05) is 53.5 Å². The van der Waals surface area contributed by atoms with Gasteiger partial charge < -0.3 is 9.47 Å². The van der Waals surface area contributed by atoms with Crippen LogP contribution in [0.1, 0.15) is 16.1 Å². The Bertz CT molecular complexity index is 1290.